The summed E-state index contributed by atoms with van der Waals surface area (Å²) >= 11 is 1.42. The average molecular weight is 321 g/mol. The Morgan fingerprint density at radius 1 is 1.27 bits per heavy atom. The molecule has 1 aromatic carbocycles. The Morgan fingerprint density at radius 2 is 1.95 bits per heavy atom. The molecule has 0 spiro atoms. The van der Waals surface area contributed by atoms with E-state index in [9.17, 15) is 4.79 Å². The first-order chi connectivity index (χ1) is 10.6. The summed E-state index contributed by atoms with van der Waals surface area (Å²) in [6.45, 7) is 6.58. The van der Waals surface area contributed by atoms with Gasteiger partial charge in [0.25, 0.3) is 0 Å². The van der Waals surface area contributed by atoms with E-state index >= 15 is 0 Å². The lowest BCUT2D eigenvalue weighted by Gasteiger charge is -2.11. The molecular formula is C16H19NO4S. The summed E-state index contributed by atoms with van der Waals surface area (Å²) in [5, 5.41) is 11.6. The second kappa shape index (κ2) is 7.26. The summed E-state index contributed by atoms with van der Waals surface area (Å²) in [6, 6.07) is 5.63. The highest BCUT2D eigenvalue weighted by molar-refractivity contribution is 7.13. The lowest BCUT2D eigenvalue weighted by Crippen LogP contribution is -2.07. The van der Waals surface area contributed by atoms with Gasteiger partial charge in [0.05, 0.1) is 24.8 Å². The molecule has 5 nitrogen and oxygen atoms in total. The van der Waals surface area contributed by atoms with Gasteiger partial charge >= 0.3 is 5.97 Å². The van der Waals surface area contributed by atoms with Crippen LogP contribution in [0.4, 0.5) is 0 Å². The Balaban J connectivity index is 2.32. The predicted octanol–water partition coefficient (Wildman–Crippen LogP) is 3.80. The summed E-state index contributed by atoms with van der Waals surface area (Å²) in [6.07, 6.45) is 0. The highest BCUT2D eigenvalue weighted by Gasteiger charge is 2.18. The van der Waals surface area contributed by atoms with Gasteiger partial charge in [-0.25, -0.2) is 4.98 Å². The fourth-order valence-corrected chi connectivity index (χ4v) is 2.84. The van der Waals surface area contributed by atoms with E-state index in [2.05, 4.69) is 4.98 Å². The predicted molar refractivity (Wildman–Crippen MR) is 85.9 cm³/mol. The Hall–Kier alpha value is -2.08. The van der Waals surface area contributed by atoms with E-state index in [1.54, 1.807) is 12.3 Å². The zero-order valence-corrected chi connectivity index (χ0v) is 13.6. The Labute approximate surface area is 133 Å². The first-order valence-corrected chi connectivity index (χ1v) is 8.03. The van der Waals surface area contributed by atoms with Gasteiger partial charge in [-0.2, -0.15) is 0 Å². The number of carboxylic acid groups (broad SMARTS) is 1. The minimum Gasteiger partial charge on any atom is -0.490 e. The molecule has 1 N–H and O–H groups in total. The maximum absolute atomic E-state index is 11.0. The molecule has 1 heterocycles. The second-order valence-corrected chi connectivity index (χ2v) is 5.52. The molecule has 0 aliphatic heterocycles. The molecule has 2 aromatic rings. The molecule has 0 aliphatic carbocycles. The molecule has 2 rings (SSSR count). The number of thiazole rings is 1. The van der Waals surface area contributed by atoms with Crippen LogP contribution in [0.1, 0.15) is 32.4 Å². The van der Waals surface area contributed by atoms with Crippen molar-refractivity contribution >= 4 is 17.3 Å². The molecular weight excluding hydrogens is 302 g/mol. The number of carboxylic acids is 1. The van der Waals surface area contributed by atoms with E-state index < -0.39 is 11.9 Å². The molecule has 0 bridgehead atoms. The summed E-state index contributed by atoms with van der Waals surface area (Å²) in [5.74, 6) is -0.119. The van der Waals surface area contributed by atoms with Crippen molar-refractivity contribution in [2.45, 2.75) is 26.7 Å². The lowest BCUT2D eigenvalue weighted by molar-refractivity contribution is -0.138. The molecule has 1 atom stereocenters. The van der Waals surface area contributed by atoms with Crippen LogP contribution in [-0.4, -0.2) is 29.3 Å². The highest BCUT2D eigenvalue weighted by Crippen LogP contribution is 2.34. The van der Waals surface area contributed by atoms with Crippen LogP contribution in [0, 0.1) is 0 Å². The van der Waals surface area contributed by atoms with Crippen LogP contribution < -0.4 is 9.47 Å². The van der Waals surface area contributed by atoms with E-state index in [1.807, 2.05) is 32.0 Å². The van der Waals surface area contributed by atoms with Crippen LogP contribution in [0.3, 0.4) is 0 Å². The van der Waals surface area contributed by atoms with Gasteiger partial charge < -0.3 is 14.6 Å². The van der Waals surface area contributed by atoms with Gasteiger partial charge in [0.15, 0.2) is 11.5 Å². The van der Waals surface area contributed by atoms with E-state index in [4.69, 9.17) is 14.6 Å². The number of benzene rings is 1. The van der Waals surface area contributed by atoms with Crippen molar-refractivity contribution in [1.82, 2.24) is 4.98 Å². The van der Waals surface area contributed by atoms with Gasteiger partial charge in [-0.1, -0.05) is 0 Å². The highest BCUT2D eigenvalue weighted by atomic mass is 32.1. The third kappa shape index (κ3) is 3.57. The summed E-state index contributed by atoms with van der Waals surface area (Å²) in [7, 11) is 0. The van der Waals surface area contributed by atoms with Gasteiger partial charge in [-0.3, -0.25) is 4.79 Å². The molecule has 22 heavy (non-hydrogen) atoms. The number of hydrogen-bond donors (Lipinski definition) is 1. The third-order valence-corrected chi connectivity index (χ3v) is 4.04. The summed E-state index contributed by atoms with van der Waals surface area (Å²) < 4.78 is 11.1. The van der Waals surface area contributed by atoms with Gasteiger partial charge in [-0.05, 0) is 39.0 Å². The van der Waals surface area contributed by atoms with Crippen molar-refractivity contribution in [3.8, 4) is 22.1 Å². The SMILES string of the molecule is CCOc1ccc(-c2nc(C(C)C(=O)O)cs2)cc1OCC. The zero-order chi connectivity index (χ0) is 16.1. The number of nitrogens with zero attached hydrogens (tertiary/aromatic N) is 1. The van der Waals surface area contributed by atoms with E-state index in [0.29, 0.717) is 30.4 Å². The molecule has 0 amide bonds. The van der Waals surface area contributed by atoms with Crippen molar-refractivity contribution < 1.29 is 19.4 Å². The number of aliphatic carboxylic acids is 1. The molecule has 0 saturated heterocycles. The number of ether oxygens (including phenoxy) is 2. The van der Waals surface area contributed by atoms with Crippen LogP contribution >= 0.6 is 11.3 Å². The quantitative estimate of drug-likeness (QED) is 0.840. The Morgan fingerprint density at radius 3 is 2.59 bits per heavy atom. The van der Waals surface area contributed by atoms with Crippen LogP contribution in [-0.2, 0) is 4.79 Å². The molecule has 0 saturated carbocycles. The molecule has 1 aromatic heterocycles. The topological polar surface area (TPSA) is 68.7 Å². The molecule has 6 heteroatoms. The van der Waals surface area contributed by atoms with Crippen molar-refractivity contribution in [1.29, 1.82) is 0 Å². The maximum atomic E-state index is 11.0. The first kappa shape index (κ1) is 16.3. The standard InChI is InChI=1S/C16H19NO4S/c1-4-20-13-7-6-11(8-14(13)21-5-2)15-17-12(9-22-15)10(3)16(18)19/h6-10H,4-5H2,1-3H3,(H,18,19). The van der Waals surface area contributed by atoms with Gasteiger partial charge in [0.2, 0.25) is 0 Å². The largest absolute Gasteiger partial charge is 0.490 e. The Kier molecular flexibility index (Phi) is 5.38. The number of hydrogen-bond acceptors (Lipinski definition) is 5. The first-order valence-electron chi connectivity index (χ1n) is 7.15. The van der Waals surface area contributed by atoms with E-state index in [-0.39, 0.29) is 0 Å². The second-order valence-electron chi connectivity index (χ2n) is 4.66. The monoisotopic (exact) mass is 321 g/mol. The smallest absolute Gasteiger partial charge is 0.312 e. The molecule has 1 unspecified atom stereocenters. The maximum Gasteiger partial charge on any atom is 0.312 e. The van der Waals surface area contributed by atoms with Crippen molar-refractivity contribution in [3.63, 3.8) is 0 Å². The van der Waals surface area contributed by atoms with Crippen molar-refractivity contribution in [2.24, 2.45) is 0 Å². The molecule has 0 aliphatic rings. The fraction of sp³-hybridized carbons (Fsp3) is 0.375. The normalized spacial score (nSPS) is 12.0. The van der Waals surface area contributed by atoms with Crippen molar-refractivity contribution in [3.05, 3.63) is 29.3 Å². The Bertz CT molecular complexity index is 653. The van der Waals surface area contributed by atoms with Crippen LogP contribution in [0.2, 0.25) is 0 Å². The zero-order valence-electron chi connectivity index (χ0n) is 12.8. The molecule has 0 radical (unpaired) electrons. The van der Waals surface area contributed by atoms with Crippen LogP contribution in [0.25, 0.3) is 10.6 Å². The van der Waals surface area contributed by atoms with Crippen LogP contribution in [0.5, 0.6) is 11.5 Å². The van der Waals surface area contributed by atoms with E-state index in [1.165, 1.54) is 11.3 Å². The summed E-state index contributed by atoms with van der Waals surface area (Å²) in [5.41, 5.74) is 1.46. The van der Waals surface area contributed by atoms with Gasteiger partial charge in [0.1, 0.15) is 5.01 Å². The fourth-order valence-electron chi connectivity index (χ4n) is 1.93. The average Bonchev–Trinajstić information content (AvgIpc) is 2.98. The minimum atomic E-state index is -0.876. The van der Waals surface area contributed by atoms with Gasteiger partial charge in [0, 0.05) is 10.9 Å². The van der Waals surface area contributed by atoms with E-state index in [0.717, 1.165) is 10.6 Å². The summed E-state index contributed by atoms with van der Waals surface area (Å²) in [4.78, 5) is 15.4. The molecule has 118 valence electrons. The van der Waals surface area contributed by atoms with Gasteiger partial charge in [-0.15, -0.1) is 11.3 Å². The number of rotatable bonds is 7. The molecule has 0 fully saturated rings. The van der Waals surface area contributed by atoms with Crippen LogP contribution in [0.15, 0.2) is 23.6 Å². The third-order valence-electron chi connectivity index (χ3n) is 3.13. The van der Waals surface area contributed by atoms with Crippen molar-refractivity contribution in [2.75, 3.05) is 13.2 Å². The minimum absolute atomic E-state index is 0.544. The number of carbonyl (C=O) groups is 1. The lowest BCUT2D eigenvalue weighted by atomic mass is 10.1. The number of aromatic nitrogens is 1.